The van der Waals surface area contributed by atoms with Crippen LogP contribution in [0.4, 0.5) is 20.2 Å². The molecule has 0 aliphatic carbocycles. The summed E-state index contributed by atoms with van der Waals surface area (Å²) in [6, 6.07) is 10.2. The number of hydrogen-bond donors (Lipinski definition) is 1. The summed E-state index contributed by atoms with van der Waals surface area (Å²) in [5.41, 5.74) is 0.0858. The number of sulfonamides is 1. The largest absolute Gasteiger partial charge is 0.325 e. The Hall–Kier alpha value is -2.48. The fourth-order valence-corrected chi connectivity index (χ4v) is 2.76. The van der Waals surface area contributed by atoms with E-state index in [2.05, 4.69) is 5.32 Å². The monoisotopic (exact) mass is 340 g/mol. The summed E-state index contributed by atoms with van der Waals surface area (Å²) in [5, 5.41) is 2.43. The molecule has 0 spiro atoms. The number of nitrogens with zero attached hydrogens (tertiary/aromatic N) is 1. The van der Waals surface area contributed by atoms with E-state index in [0.717, 1.165) is 24.5 Å². The number of halogens is 2. The van der Waals surface area contributed by atoms with Crippen molar-refractivity contribution in [3.8, 4) is 0 Å². The second-order valence-electron chi connectivity index (χ2n) is 4.78. The molecule has 8 heteroatoms. The lowest BCUT2D eigenvalue weighted by Gasteiger charge is -2.22. The van der Waals surface area contributed by atoms with E-state index < -0.39 is 34.1 Å². The van der Waals surface area contributed by atoms with Gasteiger partial charge in [-0.15, -0.1) is 0 Å². The molecule has 0 aliphatic rings. The van der Waals surface area contributed by atoms with Crippen LogP contribution in [-0.4, -0.2) is 27.1 Å². The third kappa shape index (κ3) is 4.49. The fourth-order valence-electron chi connectivity index (χ4n) is 1.90. The van der Waals surface area contributed by atoms with Crippen molar-refractivity contribution >= 4 is 27.3 Å². The number of rotatable bonds is 5. The molecule has 0 radical (unpaired) electrons. The fraction of sp³-hybridized carbons (Fsp3) is 0.133. The highest BCUT2D eigenvalue weighted by atomic mass is 32.2. The maximum Gasteiger partial charge on any atom is 0.245 e. The number of nitrogens with one attached hydrogen (secondary N) is 1. The molecule has 23 heavy (non-hydrogen) atoms. The van der Waals surface area contributed by atoms with E-state index in [1.165, 1.54) is 30.3 Å². The van der Waals surface area contributed by atoms with Crippen molar-refractivity contribution in [1.82, 2.24) is 0 Å². The van der Waals surface area contributed by atoms with Gasteiger partial charge in [-0.3, -0.25) is 9.10 Å². The highest BCUT2D eigenvalue weighted by Gasteiger charge is 2.23. The molecule has 0 bridgehead atoms. The molecule has 1 amide bonds. The Morgan fingerprint density at radius 3 is 2.26 bits per heavy atom. The van der Waals surface area contributed by atoms with Crippen molar-refractivity contribution in [2.75, 3.05) is 22.4 Å². The van der Waals surface area contributed by atoms with Crippen LogP contribution in [0.1, 0.15) is 0 Å². The van der Waals surface area contributed by atoms with Crippen molar-refractivity contribution in [2.45, 2.75) is 0 Å². The summed E-state index contributed by atoms with van der Waals surface area (Å²) in [7, 11) is -3.86. The van der Waals surface area contributed by atoms with Gasteiger partial charge in [-0.1, -0.05) is 12.1 Å². The van der Waals surface area contributed by atoms with Crippen molar-refractivity contribution in [3.05, 3.63) is 60.2 Å². The molecule has 2 aromatic rings. The SMILES string of the molecule is CS(=O)(=O)N(CC(=O)Nc1ccc(F)cc1)c1ccccc1F. The van der Waals surface area contributed by atoms with Gasteiger partial charge in [0.25, 0.3) is 0 Å². The van der Waals surface area contributed by atoms with E-state index >= 15 is 0 Å². The van der Waals surface area contributed by atoms with Crippen molar-refractivity contribution in [2.24, 2.45) is 0 Å². The normalized spacial score (nSPS) is 11.1. The van der Waals surface area contributed by atoms with E-state index in [-0.39, 0.29) is 5.69 Å². The van der Waals surface area contributed by atoms with E-state index in [0.29, 0.717) is 9.99 Å². The highest BCUT2D eigenvalue weighted by Crippen LogP contribution is 2.21. The van der Waals surface area contributed by atoms with E-state index in [1.54, 1.807) is 0 Å². The maximum absolute atomic E-state index is 13.8. The van der Waals surface area contributed by atoms with E-state index in [4.69, 9.17) is 0 Å². The van der Waals surface area contributed by atoms with Gasteiger partial charge in [0.1, 0.15) is 18.2 Å². The van der Waals surface area contributed by atoms with Crippen LogP contribution in [0.3, 0.4) is 0 Å². The number of carbonyl (C=O) groups excluding carboxylic acids is 1. The van der Waals surface area contributed by atoms with Gasteiger partial charge in [0, 0.05) is 5.69 Å². The first-order chi connectivity index (χ1) is 10.8. The Bertz CT molecular complexity index is 808. The smallest absolute Gasteiger partial charge is 0.245 e. The zero-order chi connectivity index (χ0) is 17.0. The lowest BCUT2D eigenvalue weighted by molar-refractivity contribution is -0.114. The van der Waals surface area contributed by atoms with Gasteiger partial charge < -0.3 is 5.32 Å². The van der Waals surface area contributed by atoms with Gasteiger partial charge in [0.05, 0.1) is 11.9 Å². The molecule has 0 atom stereocenters. The molecule has 122 valence electrons. The zero-order valence-electron chi connectivity index (χ0n) is 12.2. The average molecular weight is 340 g/mol. The lowest BCUT2D eigenvalue weighted by atomic mass is 10.3. The number of para-hydroxylation sites is 1. The first-order valence-electron chi connectivity index (χ1n) is 6.55. The van der Waals surface area contributed by atoms with Gasteiger partial charge in [-0.2, -0.15) is 0 Å². The predicted molar refractivity (Wildman–Crippen MR) is 83.6 cm³/mol. The van der Waals surface area contributed by atoms with E-state index in [9.17, 15) is 22.0 Å². The molecule has 1 N–H and O–H groups in total. The van der Waals surface area contributed by atoms with Gasteiger partial charge in [0.2, 0.25) is 15.9 Å². The topological polar surface area (TPSA) is 66.5 Å². The minimum absolute atomic E-state index is 0.218. The quantitative estimate of drug-likeness (QED) is 0.909. The van der Waals surface area contributed by atoms with Crippen LogP contribution < -0.4 is 9.62 Å². The molecule has 2 aromatic carbocycles. The summed E-state index contributed by atoms with van der Waals surface area (Å²) in [5.74, 6) is -1.90. The summed E-state index contributed by atoms with van der Waals surface area (Å²) in [6.45, 7) is -0.600. The first kappa shape index (κ1) is 16.9. The molecule has 0 aromatic heterocycles. The average Bonchev–Trinajstić information content (AvgIpc) is 2.47. The lowest BCUT2D eigenvalue weighted by Crippen LogP contribution is -2.38. The standard InChI is InChI=1S/C15H14F2N2O3S/c1-23(21,22)19(14-5-3-2-4-13(14)17)10-15(20)18-12-8-6-11(16)7-9-12/h2-9H,10H2,1H3,(H,18,20). The number of carbonyl (C=O) groups is 1. The summed E-state index contributed by atoms with van der Waals surface area (Å²) in [4.78, 5) is 12.0. The number of anilines is 2. The van der Waals surface area contributed by atoms with Gasteiger partial charge >= 0.3 is 0 Å². The minimum Gasteiger partial charge on any atom is -0.325 e. The Kier molecular flexibility index (Phi) is 4.95. The van der Waals surface area contributed by atoms with Gasteiger partial charge in [0.15, 0.2) is 0 Å². The first-order valence-corrected chi connectivity index (χ1v) is 8.40. The molecule has 0 aliphatic heterocycles. The summed E-state index contributed by atoms with van der Waals surface area (Å²) < 4.78 is 51.0. The summed E-state index contributed by atoms with van der Waals surface area (Å²) >= 11 is 0. The number of amides is 1. The Labute approximate surface area is 132 Å². The zero-order valence-corrected chi connectivity index (χ0v) is 13.0. The molecular weight excluding hydrogens is 326 g/mol. The van der Waals surface area contributed by atoms with Crippen LogP contribution in [0.15, 0.2) is 48.5 Å². The van der Waals surface area contributed by atoms with E-state index in [1.807, 2.05) is 0 Å². The predicted octanol–water partition coefficient (Wildman–Crippen LogP) is 2.37. The second-order valence-corrected chi connectivity index (χ2v) is 6.68. The molecule has 2 rings (SSSR count). The maximum atomic E-state index is 13.8. The highest BCUT2D eigenvalue weighted by molar-refractivity contribution is 7.92. The molecule has 0 heterocycles. The van der Waals surface area contributed by atoms with Crippen LogP contribution in [0.2, 0.25) is 0 Å². The van der Waals surface area contributed by atoms with Crippen LogP contribution in [-0.2, 0) is 14.8 Å². The van der Waals surface area contributed by atoms with Crippen LogP contribution in [0.25, 0.3) is 0 Å². The Morgan fingerprint density at radius 2 is 1.70 bits per heavy atom. The second kappa shape index (κ2) is 6.74. The van der Waals surface area contributed by atoms with Gasteiger partial charge in [-0.05, 0) is 36.4 Å². The minimum atomic E-state index is -3.86. The Morgan fingerprint density at radius 1 is 1.09 bits per heavy atom. The number of hydrogen-bond acceptors (Lipinski definition) is 3. The van der Waals surface area contributed by atoms with Crippen molar-refractivity contribution in [3.63, 3.8) is 0 Å². The van der Waals surface area contributed by atoms with Crippen LogP contribution in [0.5, 0.6) is 0 Å². The summed E-state index contributed by atoms with van der Waals surface area (Å²) in [6.07, 6.45) is 0.880. The number of benzene rings is 2. The molecule has 5 nitrogen and oxygen atoms in total. The molecule has 0 saturated carbocycles. The molecule has 0 fully saturated rings. The molecule has 0 saturated heterocycles. The van der Waals surface area contributed by atoms with Crippen molar-refractivity contribution in [1.29, 1.82) is 0 Å². The molecule has 0 unspecified atom stereocenters. The van der Waals surface area contributed by atoms with Gasteiger partial charge in [-0.25, -0.2) is 17.2 Å². The van der Waals surface area contributed by atoms with Crippen molar-refractivity contribution < 1.29 is 22.0 Å². The third-order valence-electron chi connectivity index (χ3n) is 2.94. The van der Waals surface area contributed by atoms with Crippen LogP contribution >= 0.6 is 0 Å². The third-order valence-corrected chi connectivity index (χ3v) is 4.06. The molecular formula is C15H14F2N2O3S. The Balaban J connectivity index is 2.20. The van der Waals surface area contributed by atoms with Crippen LogP contribution in [0, 0.1) is 11.6 Å².